The number of hydrogen-bond donors (Lipinski definition) is 1. The van der Waals surface area contributed by atoms with Crippen molar-refractivity contribution in [3.05, 3.63) is 71.3 Å². The van der Waals surface area contributed by atoms with Gasteiger partial charge in [0.15, 0.2) is 5.78 Å². The normalized spacial score (nSPS) is 20.3. The number of benzene rings is 2. The molecule has 0 saturated heterocycles. The highest BCUT2D eigenvalue weighted by Crippen LogP contribution is 2.41. The number of Topliss-reactive ketones (excluding diaryl/α,β-unsaturated/α-hetero) is 1. The van der Waals surface area contributed by atoms with Gasteiger partial charge in [0.2, 0.25) is 5.91 Å². The van der Waals surface area contributed by atoms with Gasteiger partial charge in [-0.1, -0.05) is 49.4 Å². The van der Waals surface area contributed by atoms with Crippen molar-refractivity contribution < 1.29 is 28.5 Å². The molecule has 1 N–H and O–H groups in total. The third kappa shape index (κ3) is 7.77. The van der Waals surface area contributed by atoms with Gasteiger partial charge in [-0.25, -0.2) is 0 Å². The third-order valence-corrected chi connectivity index (χ3v) is 8.24. The van der Waals surface area contributed by atoms with Crippen molar-refractivity contribution in [1.82, 2.24) is 5.32 Å². The Morgan fingerprint density at radius 3 is 2.07 bits per heavy atom. The van der Waals surface area contributed by atoms with Gasteiger partial charge in [-0.2, -0.15) is 0 Å². The summed E-state index contributed by atoms with van der Waals surface area (Å²) >= 11 is 0. The maximum Gasteiger partial charge on any atom is 0.224 e. The lowest BCUT2D eigenvalue weighted by Gasteiger charge is -2.48. The summed E-state index contributed by atoms with van der Waals surface area (Å²) in [7, 11) is 1.70. The summed E-state index contributed by atoms with van der Waals surface area (Å²) in [6.45, 7) is 16.7. The largest absolute Gasteiger partial charge is 0.493 e. The van der Waals surface area contributed by atoms with Crippen LogP contribution in [-0.4, -0.2) is 50.3 Å². The van der Waals surface area contributed by atoms with Gasteiger partial charge in [-0.3, -0.25) is 9.59 Å². The topological polar surface area (TPSA) is 83.1 Å². The number of hydrogen-bond acceptors (Lipinski definition) is 6. The molecule has 1 aliphatic carbocycles. The molecule has 0 radical (unpaired) electrons. The number of rotatable bonds is 16. The van der Waals surface area contributed by atoms with Crippen LogP contribution >= 0.6 is 0 Å². The average Bonchev–Trinajstić information content (AvgIpc) is 2.92. The third-order valence-electron chi connectivity index (χ3n) is 8.24. The summed E-state index contributed by atoms with van der Waals surface area (Å²) in [6, 6.07) is 13.8. The van der Waals surface area contributed by atoms with Gasteiger partial charge in [-0.05, 0) is 70.2 Å². The zero-order valence-corrected chi connectivity index (χ0v) is 25.8. The molecule has 2 aromatic rings. The van der Waals surface area contributed by atoms with Crippen LogP contribution in [0.25, 0.3) is 0 Å². The highest BCUT2D eigenvalue weighted by atomic mass is 16.5. The zero-order chi connectivity index (χ0) is 30.2. The van der Waals surface area contributed by atoms with Crippen molar-refractivity contribution in [1.29, 1.82) is 0 Å². The molecule has 0 aromatic heterocycles. The molecule has 1 saturated carbocycles. The van der Waals surface area contributed by atoms with Crippen LogP contribution in [0, 0.1) is 5.92 Å². The molecule has 0 spiro atoms. The van der Waals surface area contributed by atoms with Gasteiger partial charge in [0.1, 0.15) is 17.1 Å². The molecule has 3 atom stereocenters. The van der Waals surface area contributed by atoms with Crippen LogP contribution in [0.3, 0.4) is 0 Å². The first-order valence-electron chi connectivity index (χ1n) is 14.7. The Morgan fingerprint density at radius 2 is 1.59 bits per heavy atom. The Balaban J connectivity index is 1.92. The number of carbonyl (C=O) groups excluding carboxylic acids is 2. The van der Waals surface area contributed by atoms with Crippen molar-refractivity contribution in [2.24, 2.45) is 5.92 Å². The minimum absolute atomic E-state index is 0.0578. The lowest BCUT2D eigenvalue weighted by atomic mass is 9.69. The van der Waals surface area contributed by atoms with Gasteiger partial charge in [0, 0.05) is 32.5 Å². The standard InChI is InChI=1S/C34H47NO6/c1-9-39-30-18-27(19-31(40-10-2)32(30)24(6)36)23(5)29(16-17-41-25(7)26-14-12-11-13-15-26)33(37)35-34(22(3)4)20-28(21-34)38-8/h11-15,18-19,23,25,28-29H,3,9-10,16-17,20-21H2,1-2,4-8H3,(H,35,37)/t23-,25+,28?,29?,34?/m1/s1. The average molecular weight is 566 g/mol. The van der Waals surface area contributed by atoms with E-state index in [1.165, 1.54) is 6.92 Å². The lowest BCUT2D eigenvalue weighted by Crippen LogP contribution is -2.61. The van der Waals surface area contributed by atoms with Crippen molar-refractivity contribution in [2.45, 2.75) is 84.5 Å². The summed E-state index contributed by atoms with van der Waals surface area (Å²) in [5.74, 6) is 0.128. The Kier molecular flexibility index (Phi) is 11.6. The highest BCUT2D eigenvalue weighted by molar-refractivity contribution is 5.99. The molecule has 41 heavy (non-hydrogen) atoms. The second-order valence-electron chi connectivity index (χ2n) is 11.0. The second-order valence-corrected chi connectivity index (χ2v) is 11.0. The quantitative estimate of drug-likeness (QED) is 0.178. The summed E-state index contributed by atoms with van der Waals surface area (Å²) in [6.07, 6.45) is 1.90. The first-order chi connectivity index (χ1) is 19.6. The lowest BCUT2D eigenvalue weighted by molar-refractivity contribution is -0.131. The van der Waals surface area contributed by atoms with Gasteiger partial charge in [-0.15, -0.1) is 0 Å². The van der Waals surface area contributed by atoms with Crippen molar-refractivity contribution >= 4 is 11.7 Å². The summed E-state index contributed by atoms with van der Waals surface area (Å²) in [4.78, 5) is 26.6. The van der Waals surface area contributed by atoms with Gasteiger partial charge in [0.05, 0.1) is 31.0 Å². The van der Waals surface area contributed by atoms with Crippen LogP contribution in [0.5, 0.6) is 11.5 Å². The van der Waals surface area contributed by atoms with Crippen LogP contribution in [0.4, 0.5) is 0 Å². The summed E-state index contributed by atoms with van der Waals surface area (Å²) < 4.78 is 23.5. The number of methoxy groups -OCH3 is 1. The highest BCUT2D eigenvalue weighted by Gasteiger charge is 2.47. The molecule has 2 aromatic carbocycles. The van der Waals surface area contributed by atoms with Crippen LogP contribution in [-0.2, 0) is 14.3 Å². The first-order valence-corrected chi connectivity index (χ1v) is 14.7. The van der Waals surface area contributed by atoms with Gasteiger partial charge < -0.3 is 24.3 Å². The SMILES string of the molecule is C=C(C)C1(NC(=O)C(CCO[C@@H](C)c2ccccc2)[C@H](C)c2cc(OCC)c(C(C)=O)c(OCC)c2)CC(OC)C1. The number of nitrogens with one attached hydrogen (secondary N) is 1. The van der Waals surface area contributed by atoms with Crippen LogP contribution in [0.1, 0.15) is 94.3 Å². The molecule has 1 aliphatic rings. The summed E-state index contributed by atoms with van der Waals surface area (Å²) in [5, 5.41) is 3.33. The molecular formula is C34H47NO6. The number of amides is 1. The molecule has 0 heterocycles. The van der Waals surface area contributed by atoms with Crippen molar-refractivity contribution in [3.8, 4) is 11.5 Å². The maximum atomic E-state index is 14.0. The van der Waals surface area contributed by atoms with E-state index in [0.717, 1.165) is 16.7 Å². The molecule has 7 heteroatoms. The van der Waals surface area contributed by atoms with E-state index in [9.17, 15) is 9.59 Å². The molecule has 1 amide bonds. The number of ketones is 1. The monoisotopic (exact) mass is 565 g/mol. The molecule has 3 rings (SSSR count). The van der Waals surface area contributed by atoms with E-state index in [-0.39, 0.29) is 29.8 Å². The molecular weight excluding hydrogens is 518 g/mol. The van der Waals surface area contributed by atoms with Crippen LogP contribution in [0.15, 0.2) is 54.6 Å². The molecule has 1 fully saturated rings. The fourth-order valence-electron chi connectivity index (χ4n) is 5.56. The van der Waals surface area contributed by atoms with Gasteiger partial charge in [0.25, 0.3) is 0 Å². The molecule has 0 aliphatic heterocycles. The molecule has 7 nitrogen and oxygen atoms in total. The van der Waals surface area contributed by atoms with E-state index in [1.807, 2.05) is 77.1 Å². The molecule has 0 bridgehead atoms. The first kappa shape index (κ1) is 32.4. The van der Waals surface area contributed by atoms with E-state index in [2.05, 4.69) is 11.9 Å². The predicted octanol–water partition coefficient (Wildman–Crippen LogP) is 6.81. The van der Waals surface area contributed by atoms with Crippen molar-refractivity contribution in [2.75, 3.05) is 26.9 Å². The Labute approximate surface area is 245 Å². The van der Waals surface area contributed by atoms with E-state index >= 15 is 0 Å². The Bertz CT molecular complexity index is 1160. The minimum Gasteiger partial charge on any atom is -0.493 e. The van der Waals surface area contributed by atoms with Crippen LogP contribution in [0.2, 0.25) is 0 Å². The minimum atomic E-state index is -0.487. The Hall–Kier alpha value is -3.16. The molecule has 1 unspecified atom stereocenters. The fourth-order valence-corrected chi connectivity index (χ4v) is 5.56. The maximum absolute atomic E-state index is 14.0. The molecule has 224 valence electrons. The number of ether oxygens (including phenoxy) is 4. The van der Waals surface area contributed by atoms with E-state index in [0.29, 0.717) is 56.1 Å². The number of carbonyl (C=O) groups is 2. The van der Waals surface area contributed by atoms with E-state index in [1.54, 1.807) is 7.11 Å². The van der Waals surface area contributed by atoms with E-state index < -0.39 is 11.5 Å². The van der Waals surface area contributed by atoms with E-state index in [4.69, 9.17) is 18.9 Å². The van der Waals surface area contributed by atoms with Crippen molar-refractivity contribution in [3.63, 3.8) is 0 Å². The zero-order valence-electron chi connectivity index (χ0n) is 25.8. The fraction of sp³-hybridized carbons (Fsp3) is 0.529. The predicted molar refractivity (Wildman–Crippen MR) is 162 cm³/mol. The second kappa shape index (κ2) is 14.6. The van der Waals surface area contributed by atoms with Gasteiger partial charge >= 0.3 is 0 Å². The van der Waals surface area contributed by atoms with Crippen LogP contribution < -0.4 is 14.8 Å². The Morgan fingerprint density at radius 1 is 1.00 bits per heavy atom. The summed E-state index contributed by atoms with van der Waals surface area (Å²) in [5.41, 5.74) is 2.81. The smallest absolute Gasteiger partial charge is 0.224 e.